The Bertz CT molecular complexity index is 982. The summed E-state index contributed by atoms with van der Waals surface area (Å²) in [6.45, 7) is 2.77. The molecule has 27 heavy (non-hydrogen) atoms. The Hall–Kier alpha value is -2.38. The molecular weight excluding hydrogens is 378 g/mol. The van der Waals surface area contributed by atoms with Crippen molar-refractivity contribution in [1.29, 1.82) is 0 Å². The van der Waals surface area contributed by atoms with Gasteiger partial charge in [0.2, 0.25) is 11.8 Å². The fourth-order valence-corrected chi connectivity index (χ4v) is 5.23. The number of thioether (sulfide) groups is 1. The number of nitrogens with one attached hydrogen (secondary N) is 1. The molecule has 1 aliphatic rings. The summed E-state index contributed by atoms with van der Waals surface area (Å²) in [7, 11) is 0. The van der Waals surface area contributed by atoms with Gasteiger partial charge in [0.05, 0.1) is 16.0 Å². The zero-order chi connectivity index (χ0) is 18.8. The van der Waals surface area contributed by atoms with Gasteiger partial charge in [-0.15, -0.1) is 11.3 Å². The molecule has 0 atom stereocenters. The largest absolute Gasteiger partial charge is 0.337 e. The number of aromatic nitrogens is 1. The standard InChI is InChI=1S/C20H19N3O2S2/c1-13(24)21-16-7-4-5-14-11-23(10-9-15(14)16)19(25)12-26-20-22-17-6-2-3-8-18(17)27-20/h2-8H,9-12H2,1H3,(H,21,24). The normalized spacial score (nSPS) is 13.4. The second kappa shape index (κ2) is 7.70. The van der Waals surface area contributed by atoms with Gasteiger partial charge in [-0.2, -0.15) is 0 Å². The van der Waals surface area contributed by atoms with Crippen molar-refractivity contribution in [2.24, 2.45) is 0 Å². The number of para-hydroxylation sites is 1. The highest BCUT2D eigenvalue weighted by atomic mass is 32.2. The number of carbonyl (C=O) groups is 2. The Morgan fingerprint density at radius 3 is 2.89 bits per heavy atom. The first-order valence-corrected chi connectivity index (χ1v) is 10.5. The molecule has 1 aliphatic heterocycles. The lowest BCUT2D eigenvalue weighted by Crippen LogP contribution is -2.37. The Labute approximate surface area is 165 Å². The highest BCUT2D eigenvalue weighted by molar-refractivity contribution is 8.01. The second-order valence-electron chi connectivity index (χ2n) is 6.43. The summed E-state index contributed by atoms with van der Waals surface area (Å²) in [6, 6.07) is 13.9. The molecule has 0 saturated carbocycles. The van der Waals surface area contributed by atoms with E-state index in [1.165, 1.54) is 18.7 Å². The lowest BCUT2D eigenvalue weighted by atomic mass is 9.97. The number of anilines is 1. The van der Waals surface area contributed by atoms with Gasteiger partial charge in [-0.3, -0.25) is 9.59 Å². The average Bonchev–Trinajstić information content (AvgIpc) is 3.08. The second-order valence-corrected chi connectivity index (χ2v) is 8.68. The molecule has 0 fully saturated rings. The minimum Gasteiger partial charge on any atom is -0.337 e. The van der Waals surface area contributed by atoms with Gasteiger partial charge in [0, 0.05) is 25.7 Å². The molecule has 0 unspecified atom stereocenters. The van der Waals surface area contributed by atoms with Crippen molar-refractivity contribution in [2.75, 3.05) is 17.6 Å². The summed E-state index contributed by atoms with van der Waals surface area (Å²) in [5.74, 6) is 0.435. The Kier molecular flexibility index (Phi) is 5.13. The van der Waals surface area contributed by atoms with Gasteiger partial charge in [-0.05, 0) is 35.7 Å². The van der Waals surface area contributed by atoms with Crippen LogP contribution >= 0.6 is 23.1 Å². The molecule has 0 spiro atoms. The number of carbonyl (C=O) groups excluding carboxylic acids is 2. The van der Waals surface area contributed by atoms with E-state index in [9.17, 15) is 9.59 Å². The Morgan fingerprint density at radius 2 is 2.07 bits per heavy atom. The third kappa shape index (κ3) is 3.99. The van der Waals surface area contributed by atoms with E-state index in [0.717, 1.165) is 37.8 Å². The van der Waals surface area contributed by atoms with E-state index >= 15 is 0 Å². The highest BCUT2D eigenvalue weighted by Gasteiger charge is 2.23. The fourth-order valence-electron chi connectivity index (χ4n) is 3.26. The van der Waals surface area contributed by atoms with Crippen LogP contribution in [0.15, 0.2) is 46.8 Å². The maximum absolute atomic E-state index is 12.7. The molecule has 2 aromatic carbocycles. The van der Waals surface area contributed by atoms with Gasteiger partial charge >= 0.3 is 0 Å². The summed E-state index contributed by atoms with van der Waals surface area (Å²) < 4.78 is 2.07. The van der Waals surface area contributed by atoms with Crippen molar-refractivity contribution in [1.82, 2.24) is 9.88 Å². The van der Waals surface area contributed by atoms with Crippen LogP contribution in [-0.4, -0.2) is 34.0 Å². The van der Waals surface area contributed by atoms with Crippen LogP contribution < -0.4 is 5.32 Å². The molecule has 4 rings (SSSR count). The summed E-state index contributed by atoms with van der Waals surface area (Å²) in [5.41, 5.74) is 4.08. The van der Waals surface area contributed by atoms with E-state index < -0.39 is 0 Å². The van der Waals surface area contributed by atoms with E-state index in [1.807, 2.05) is 47.4 Å². The molecule has 0 radical (unpaired) electrons. The molecule has 3 aromatic rings. The first-order valence-electron chi connectivity index (χ1n) is 8.74. The number of rotatable bonds is 4. The van der Waals surface area contributed by atoms with Crippen LogP contribution in [0.1, 0.15) is 18.1 Å². The SMILES string of the molecule is CC(=O)Nc1cccc2c1CCN(C(=O)CSc1nc3ccccc3s1)C2. The third-order valence-electron chi connectivity index (χ3n) is 4.52. The molecule has 5 nitrogen and oxygen atoms in total. The third-order valence-corrected chi connectivity index (χ3v) is 6.69. The van der Waals surface area contributed by atoms with Crippen molar-refractivity contribution in [3.8, 4) is 0 Å². The molecular formula is C20H19N3O2S2. The Morgan fingerprint density at radius 1 is 1.22 bits per heavy atom. The first kappa shape index (κ1) is 18.0. The van der Waals surface area contributed by atoms with Crippen molar-refractivity contribution >= 4 is 50.8 Å². The van der Waals surface area contributed by atoms with Crippen LogP contribution in [0.25, 0.3) is 10.2 Å². The number of fused-ring (bicyclic) bond motifs is 2. The minimum atomic E-state index is -0.0749. The highest BCUT2D eigenvalue weighted by Crippen LogP contribution is 2.30. The lowest BCUT2D eigenvalue weighted by Gasteiger charge is -2.30. The van der Waals surface area contributed by atoms with Gasteiger partial charge in [0.25, 0.3) is 0 Å². The van der Waals surface area contributed by atoms with Crippen LogP contribution in [0.4, 0.5) is 5.69 Å². The van der Waals surface area contributed by atoms with Crippen LogP contribution in [0, 0.1) is 0 Å². The van der Waals surface area contributed by atoms with Crippen LogP contribution in [0.3, 0.4) is 0 Å². The number of thiazole rings is 1. The number of amides is 2. The van der Waals surface area contributed by atoms with E-state index in [0.29, 0.717) is 18.8 Å². The van der Waals surface area contributed by atoms with E-state index in [-0.39, 0.29) is 11.8 Å². The summed E-state index contributed by atoms with van der Waals surface area (Å²) in [6.07, 6.45) is 0.753. The fraction of sp³-hybridized carbons (Fsp3) is 0.250. The molecule has 2 heterocycles. The molecule has 0 bridgehead atoms. The minimum absolute atomic E-state index is 0.0749. The average molecular weight is 398 g/mol. The van der Waals surface area contributed by atoms with Crippen LogP contribution in [-0.2, 0) is 22.6 Å². The number of hydrogen-bond donors (Lipinski definition) is 1. The van der Waals surface area contributed by atoms with Gasteiger partial charge in [-0.1, -0.05) is 36.0 Å². The van der Waals surface area contributed by atoms with Crippen LogP contribution in [0.2, 0.25) is 0 Å². The molecule has 0 aliphatic carbocycles. The zero-order valence-electron chi connectivity index (χ0n) is 14.9. The summed E-state index contributed by atoms with van der Waals surface area (Å²) in [4.78, 5) is 30.5. The number of hydrogen-bond acceptors (Lipinski definition) is 5. The molecule has 1 N–H and O–H groups in total. The number of benzene rings is 2. The van der Waals surface area contributed by atoms with Gasteiger partial charge < -0.3 is 10.2 Å². The van der Waals surface area contributed by atoms with Crippen molar-refractivity contribution in [3.05, 3.63) is 53.6 Å². The van der Waals surface area contributed by atoms with E-state index in [2.05, 4.69) is 10.3 Å². The van der Waals surface area contributed by atoms with E-state index in [1.54, 1.807) is 11.3 Å². The number of nitrogens with zero attached hydrogens (tertiary/aromatic N) is 2. The predicted molar refractivity (Wildman–Crippen MR) is 110 cm³/mol. The monoisotopic (exact) mass is 397 g/mol. The topological polar surface area (TPSA) is 62.3 Å². The first-order chi connectivity index (χ1) is 13.1. The molecule has 7 heteroatoms. The van der Waals surface area contributed by atoms with Crippen molar-refractivity contribution in [2.45, 2.75) is 24.2 Å². The summed E-state index contributed by atoms with van der Waals surface area (Å²) in [5, 5.41) is 2.88. The molecule has 0 saturated heterocycles. The van der Waals surface area contributed by atoms with Crippen molar-refractivity contribution < 1.29 is 9.59 Å². The van der Waals surface area contributed by atoms with Gasteiger partial charge in [0.15, 0.2) is 4.34 Å². The van der Waals surface area contributed by atoms with Gasteiger partial charge in [-0.25, -0.2) is 4.98 Å². The summed E-state index contributed by atoms with van der Waals surface area (Å²) >= 11 is 3.12. The molecule has 2 amide bonds. The Balaban J connectivity index is 1.41. The molecule has 138 valence electrons. The lowest BCUT2D eigenvalue weighted by molar-refractivity contribution is -0.129. The van der Waals surface area contributed by atoms with Gasteiger partial charge in [0.1, 0.15) is 0 Å². The quantitative estimate of drug-likeness (QED) is 0.678. The smallest absolute Gasteiger partial charge is 0.233 e. The predicted octanol–water partition coefficient (Wildman–Crippen LogP) is 3.93. The zero-order valence-corrected chi connectivity index (χ0v) is 16.5. The van der Waals surface area contributed by atoms with Crippen LogP contribution in [0.5, 0.6) is 0 Å². The van der Waals surface area contributed by atoms with Crippen molar-refractivity contribution in [3.63, 3.8) is 0 Å². The maximum Gasteiger partial charge on any atom is 0.233 e. The molecule has 1 aromatic heterocycles. The van der Waals surface area contributed by atoms with E-state index in [4.69, 9.17) is 0 Å². The maximum atomic E-state index is 12.7.